The van der Waals surface area contributed by atoms with Crippen molar-refractivity contribution in [3.8, 4) is 5.75 Å². The highest BCUT2D eigenvalue weighted by Crippen LogP contribution is 2.15. The molecule has 7 nitrogen and oxygen atoms in total. The van der Waals surface area contributed by atoms with Crippen molar-refractivity contribution in [2.45, 2.75) is 20.8 Å². The van der Waals surface area contributed by atoms with E-state index in [9.17, 15) is 4.79 Å². The van der Waals surface area contributed by atoms with Crippen molar-refractivity contribution in [2.24, 2.45) is 5.41 Å². The van der Waals surface area contributed by atoms with Gasteiger partial charge in [-0.15, -0.1) is 0 Å². The molecule has 1 aliphatic heterocycles. The monoisotopic (exact) mass is 397 g/mol. The zero-order valence-electron chi connectivity index (χ0n) is 17.6. The van der Waals surface area contributed by atoms with Gasteiger partial charge in [-0.1, -0.05) is 46.6 Å². The summed E-state index contributed by atoms with van der Waals surface area (Å²) in [5.41, 5.74) is 0.776. The Morgan fingerprint density at radius 1 is 1.17 bits per heavy atom. The Bertz CT molecular complexity index is 769. The maximum absolute atomic E-state index is 11.9. The van der Waals surface area contributed by atoms with Crippen LogP contribution < -0.4 is 15.0 Å². The molecule has 0 unspecified atom stereocenters. The number of allylic oxidation sites excluding steroid dienone is 1. The number of nitrogens with zero attached hydrogens (tertiary/aromatic N) is 4. The minimum atomic E-state index is -0.470. The molecule has 1 aromatic heterocycles. The van der Waals surface area contributed by atoms with Crippen LogP contribution in [-0.4, -0.2) is 53.6 Å². The van der Waals surface area contributed by atoms with Gasteiger partial charge in [-0.25, -0.2) is 9.97 Å². The second-order valence-corrected chi connectivity index (χ2v) is 7.93. The van der Waals surface area contributed by atoms with Crippen LogP contribution in [-0.2, 0) is 4.79 Å². The molecular formula is C22H31N5O2. The third-order valence-corrected chi connectivity index (χ3v) is 4.37. The number of rotatable bonds is 8. The Kier molecular flexibility index (Phi) is 7.59. The van der Waals surface area contributed by atoms with E-state index in [1.807, 2.05) is 27.0 Å². The maximum Gasteiger partial charge on any atom is 0.229 e. The quantitative estimate of drug-likeness (QED) is 0.680. The van der Waals surface area contributed by atoms with E-state index in [0.717, 1.165) is 31.8 Å². The predicted octanol–water partition coefficient (Wildman–Crippen LogP) is 2.91. The van der Waals surface area contributed by atoms with Gasteiger partial charge in [0.15, 0.2) is 5.75 Å². The summed E-state index contributed by atoms with van der Waals surface area (Å²) in [6.45, 7) is 21.0. The molecule has 7 heteroatoms. The van der Waals surface area contributed by atoms with Gasteiger partial charge in [-0.3, -0.25) is 4.79 Å². The Labute approximate surface area is 173 Å². The summed E-state index contributed by atoms with van der Waals surface area (Å²) < 4.78 is 5.68. The number of nitrogens with one attached hydrogen (secondary N) is 1. The zero-order valence-corrected chi connectivity index (χ0v) is 17.6. The fourth-order valence-corrected chi connectivity index (χ4v) is 2.47. The molecule has 0 spiro atoms. The first-order chi connectivity index (χ1) is 13.7. The second kappa shape index (κ2) is 9.91. The molecule has 0 aliphatic carbocycles. The average molecular weight is 398 g/mol. The molecular weight excluding hydrogens is 366 g/mol. The molecule has 1 N–H and O–H groups in total. The topological polar surface area (TPSA) is 70.6 Å². The largest absolute Gasteiger partial charge is 0.486 e. The lowest BCUT2D eigenvalue weighted by atomic mass is 9.95. The number of amides is 1. The Morgan fingerprint density at radius 2 is 1.79 bits per heavy atom. The molecule has 2 rings (SSSR count). The summed E-state index contributed by atoms with van der Waals surface area (Å²) >= 11 is 0. The lowest BCUT2D eigenvalue weighted by molar-refractivity contribution is -0.127. The first-order valence-electron chi connectivity index (χ1n) is 9.61. The van der Waals surface area contributed by atoms with Crippen molar-refractivity contribution in [3.63, 3.8) is 0 Å². The molecule has 0 bridgehead atoms. The van der Waals surface area contributed by atoms with Gasteiger partial charge in [0.25, 0.3) is 0 Å². The molecule has 1 saturated heterocycles. The maximum atomic E-state index is 11.9. The van der Waals surface area contributed by atoms with E-state index in [2.05, 4.69) is 44.8 Å². The molecule has 156 valence electrons. The Balaban J connectivity index is 1.78. The van der Waals surface area contributed by atoms with Gasteiger partial charge in [0.2, 0.25) is 11.9 Å². The van der Waals surface area contributed by atoms with Crippen LogP contribution in [0.3, 0.4) is 0 Å². The second-order valence-electron chi connectivity index (χ2n) is 7.93. The number of aromatic nitrogens is 2. The van der Waals surface area contributed by atoms with Crippen molar-refractivity contribution < 1.29 is 9.53 Å². The summed E-state index contributed by atoms with van der Waals surface area (Å²) in [4.78, 5) is 25.0. The summed E-state index contributed by atoms with van der Waals surface area (Å²) in [7, 11) is 0. The van der Waals surface area contributed by atoms with Crippen molar-refractivity contribution in [3.05, 3.63) is 61.8 Å². The first kappa shape index (κ1) is 22.2. The van der Waals surface area contributed by atoms with Crippen LogP contribution >= 0.6 is 0 Å². The number of hydrogen-bond donors (Lipinski definition) is 1. The van der Waals surface area contributed by atoms with Gasteiger partial charge < -0.3 is 19.9 Å². The minimum Gasteiger partial charge on any atom is -0.486 e. The first-order valence-corrected chi connectivity index (χ1v) is 9.61. The molecule has 1 aromatic rings. The number of ether oxygens (including phenoxy) is 1. The van der Waals surface area contributed by atoms with Crippen molar-refractivity contribution in [1.82, 2.24) is 20.2 Å². The van der Waals surface area contributed by atoms with Crippen LogP contribution in [0.1, 0.15) is 20.8 Å². The lowest BCUT2D eigenvalue weighted by Gasteiger charge is -2.33. The van der Waals surface area contributed by atoms with Crippen molar-refractivity contribution in [2.75, 3.05) is 37.7 Å². The van der Waals surface area contributed by atoms with Crippen LogP contribution in [0, 0.1) is 5.41 Å². The SMILES string of the molecule is C=CN1CCN(c2ncc(OCC(=C)/C=C\C(=C)NC(=O)C(C)(C)C)cn2)CC1. The fraction of sp³-hybridized carbons (Fsp3) is 0.409. The molecule has 29 heavy (non-hydrogen) atoms. The van der Waals surface area contributed by atoms with E-state index in [-0.39, 0.29) is 12.5 Å². The van der Waals surface area contributed by atoms with E-state index in [0.29, 0.717) is 17.4 Å². The average Bonchev–Trinajstić information content (AvgIpc) is 2.70. The molecule has 0 aromatic carbocycles. The van der Waals surface area contributed by atoms with E-state index in [1.165, 1.54) is 0 Å². The summed E-state index contributed by atoms with van der Waals surface area (Å²) in [5.74, 6) is 1.19. The summed E-state index contributed by atoms with van der Waals surface area (Å²) in [6, 6.07) is 0. The summed E-state index contributed by atoms with van der Waals surface area (Å²) in [6.07, 6.45) is 8.67. The number of piperazine rings is 1. The smallest absolute Gasteiger partial charge is 0.229 e. The van der Waals surface area contributed by atoms with E-state index >= 15 is 0 Å². The number of anilines is 1. The molecule has 1 aliphatic rings. The highest BCUT2D eigenvalue weighted by molar-refractivity contribution is 5.83. The van der Waals surface area contributed by atoms with Gasteiger partial charge in [0.05, 0.1) is 12.4 Å². The van der Waals surface area contributed by atoms with Crippen LogP contribution in [0.2, 0.25) is 0 Å². The van der Waals surface area contributed by atoms with Crippen LogP contribution in [0.5, 0.6) is 5.75 Å². The molecule has 0 atom stereocenters. The molecule has 2 heterocycles. The van der Waals surface area contributed by atoms with Gasteiger partial charge >= 0.3 is 0 Å². The zero-order chi connectivity index (χ0) is 21.4. The van der Waals surface area contributed by atoms with Crippen LogP contribution in [0.15, 0.2) is 61.8 Å². The highest BCUT2D eigenvalue weighted by Gasteiger charge is 2.21. The minimum absolute atomic E-state index is 0.0860. The number of carbonyl (C=O) groups excluding carboxylic acids is 1. The van der Waals surface area contributed by atoms with E-state index < -0.39 is 5.41 Å². The van der Waals surface area contributed by atoms with Crippen molar-refractivity contribution in [1.29, 1.82) is 0 Å². The van der Waals surface area contributed by atoms with Gasteiger partial charge in [0.1, 0.15) is 6.61 Å². The predicted molar refractivity (Wildman–Crippen MR) is 117 cm³/mol. The number of carbonyl (C=O) groups is 1. The van der Waals surface area contributed by atoms with E-state index in [4.69, 9.17) is 4.74 Å². The highest BCUT2D eigenvalue weighted by atomic mass is 16.5. The van der Waals surface area contributed by atoms with E-state index in [1.54, 1.807) is 24.5 Å². The summed E-state index contributed by atoms with van der Waals surface area (Å²) in [5, 5.41) is 2.76. The molecule has 0 saturated carbocycles. The van der Waals surface area contributed by atoms with Gasteiger partial charge in [-0.2, -0.15) is 0 Å². The Hall–Kier alpha value is -3.09. The molecule has 0 radical (unpaired) electrons. The molecule has 1 amide bonds. The van der Waals surface area contributed by atoms with Crippen LogP contribution in [0.4, 0.5) is 5.95 Å². The molecule has 1 fully saturated rings. The lowest BCUT2D eigenvalue weighted by Crippen LogP contribution is -2.44. The fourth-order valence-electron chi connectivity index (χ4n) is 2.47. The normalized spacial score (nSPS) is 14.6. The van der Waals surface area contributed by atoms with Gasteiger partial charge in [0, 0.05) is 37.3 Å². The van der Waals surface area contributed by atoms with Gasteiger partial charge in [-0.05, 0) is 17.8 Å². The third kappa shape index (κ3) is 7.10. The standard InChI is InChI=1S/C22H31N5O2/c1-7-26-10-12-27(13-11-26)21-23-14-19(15-24-21)29-16-17(2)8-9-18(3)25-20(28)22(4,5)6/h7-9,14-15H,1-3,10-13,16H2,4-6H3,(H,25,28)/b9-8-. The third-order valence-electron chi connectivity index (χ3n) is 4.37. The van der Waals surface area contributed by atoms with Crippen molar-refractivity contribution >= 4 is 11.9 Å². The van der Waals surface area contributed by atoms with Crippen LogP contribution in [0.25, 0.3) is 0 Å². The Morgan fingerprint density at radius 3 is 2.34 bits per heavy atom. The number of hydrogen-bond acceptors (Lipinski definition) is 6.